The molecular formula is C33H32ClN5O3. The van der Waals surface area contributed by atoms with Crippen molar-refractivity contribution in [3.63, 3.8) is 0 Å². The lowest BCUT2D eigenvalue weighted by Crippen LogP contribution is -2.38. The minimum Gasteiger partial charge on any atom is -0.481 e. The van der Waals surface area contributed by atoms with Crippen molar-refractivity contribution in [2.75, 3.05) is 29.4 Å². The molecule has 0 unspecified atom stereocenters. The van der Waals surface area contributed by atoms with E-state index in [1.54, 1.807) is 12.5 Å². The molecule has 3 aromatic heterocycles. The summed E-state index contributed by atoms with van der Waals surface area (Å²) < 4.78 is 6.20. The van der Waals surface area contributed by atoms with Crippen molar-refractivity contribution in [3.8, 4) is 11.1 Å². The van der Waals surface area contributed by atoms with Gasteiger partial charge >= 0.3 is 5.97 Å². The fourth-order valence-corrected chi connectivity index (χ4v) is 6.58. The molecule has 1 N–H and O–H groups in total. The summed E-state index contributed by atoms with van der Waals surface area (Å²) in [5, 5.41) is 11.0. The summed E-state index contributed by atoms with van der Waals surface area (Å²) in [6.45, 7) is 7.77. The Kier molecular flexibility index (Phi) is 6.54. The molecule has 0 spiro atoms. The van der Waals surface area contributed by atoms with Crippen LogP contribution in [0.25, 0.3) is 33.2 Å². The van der Waals surface area contributed by atoms with Gasteiger partial charge in [0.15, 0.2) is 11.4 Å². The zero-order chi connectivity index (χ0) is 29.0. The Morgan fingerprint density at radius 3 is 2.64 bits per heavy atom. The number of hydrogen-bond acceptors (Lipinski definition) is 7. The van der Waals surface area contributed by atoms with Gasteiger partial charge in [0, 0.05) is 48.9 Å². The summed E-state index contributed by atoms with van der Waals surface area (Å²) in [7, 11) is 0. The highest BCUT2D eigenvalue weighted by Crippen LogP contribution is 2.42. The van der Waals surface area contributed by atoms with Crippen LogP contribution in [0.4, 0.5) is 11.5 Å². The summed E-state index contributed by atoms with van der Waals surface area (Å²) in [4.78, 5) is 30.0. The number of anilines is 2. The van der Waals surface area contributed by atoms with Gasteiger partial charge in [-0.3, -0.25) is 4.79 Å². The number of para-hydroxylation sites is 1. The average Bonchev–Trinajstić information content (AvgIpc) is 3.37. The van der Waals surface area contributed by atoms with Crippen molar-refractivity contribution in [1.82, 2.24) is 15.0 Å². The van der Waals surface area contributed by atoms with E-state index in [1.165, 1.54) is 11.1 Å². The SMILES string of the molecule is CC1(C)CCN(c2c(-c3ccc4c(c3)CCN(c3ncnc5c3oc3ccccc35)C4)cnc(Cl)c2CC(=O)O)CC1. The van der Waals surface area contributed by atoms with E-state index >= 15 is 0 Å². The topological polar surface area (TPSA) is 95.6 Å². The highest BCUT2D eigenvalue weighted by Gasteiger charge is 2.30. The van der Waals surface area contributed by atoms with E-state index in [9.17, 15) is 9.90 Å². The summed E-state index contributed by atoms with van der Waals surface area (Å²) >= 11 is 6.54. The third-order valence-electron chi connectivity index (χ3n) is 8.83. The predicted octanol–water partition coefficient (Wildman–Crippen LogP) is 6.91. The lowest BCUT2D eigenvalue weighted by molar-refractivity contribution is -0.136. The molecule has 8 nitrogen and oxygen atoms in total. The predicted molar refractivity (Wildman–Crippen MR) is 165 cm³/mol. The van der Waals surface area contributed by atoms with Crippen molar-refractivity contribution in [1.29, 1.82) is 0 Å². The second-order valence-corrected chi connectivity index (χ2v) is 12.5. The molecule has 5 heterocycles. The molecule has 7 rings (SSSR count). The Hall–Kier alpha value is -4.17. The molecule has 9 heteroatoms. The molecule has 2 aromatic carbocycles. The van der Waals surface area contributed by atoms with E-state index in [0.717, 1.165) is 78.0 Å². The van der Waals surface area contributed by atoms with Crippen molar-refractivity contribution in [3.05, 3.63) is 76.8 Å². The molecule has 42 heavy (non-hydrogen) atoms. The first kappa shape index (κ1) is 26.7. The first-order valence-corrected chi connectivity index (χ1v) is 14.8. The number of aromatic nitrogens is 3. The van der Waals surface area contributed by atoms with Crippen molar-refractivity contribution in [2.45, 2.75) is 46.1 Å². The summed E-state index contributed by atoms with van der Waals surface area (Å²) in [5.41, 5.74) is 8.55. The minimum absolute atomic E-state index is 0.163. The van der Waals surface area contributed by atoms with Gasteiger partial charge in [0.05, 0.1) is 12.1 Å². The van der Waals surface area contributed by atoms with Crippen LogP contribution in [-0.2, 0) is 24.2 Å². The van der Waals surface area contributed by atoms with Crippen LogP contribution >= 0.6 is 11.6 Å². The molecule has 2 aliphatic rings. The van der Waals surface area contributed by atoms with Gasteiger partial charge in [-0.25, -0.2) is 15.0 Å². The summed E-state index contributed by atoms with van der Waals surface area (Å²) in [5.74, 6) is -0.107. The zero-order valence-corrected chi connectivity index (χ0v) is 24.5. The summed E-state index contributed by atoms with van der Waals surface area (Å²) in [6, 6.07) is 14.5. The molecule has 1 fully saturated rings. The summed E-state index contributed by atoms with van der Waals surface area (Å²) in [6.07, 6.45) is 6.15. The number of pyridine rings is 1. The monoisotopic (exact) mass is 581 g/mol. The lowest BCUT2D eigenvalue weighted by atomic mass is 9.82. The number of nitrogens with zero attached hydrogens (tertiary/aromatic N) is 5. The Morgan fingerprint density at radius 2 is 1.83 bits per heavy atom. The van der Waals surface area contributed by atoms with Gasteiger partial charge in [0.1, 0.15) is 22.6 Å². The molecule has 5 aromatic rings. The molecule has 0 amide bonds. The van der Waals surface area contributed by atoms with Gasteiger partial charge in [-0.15, -0.1) is 0 Å². The fourth-order valence-electron chi connectivity index (χ4n) is 6.37. The minimum atomic E-state index is -0.914. The fraction of sp³-hybridized carbons (Fsp3) is 0.333. The number of rotatable bonds is 5. The molecule has 0 atom stereocenters. The quantitative estimate of drug-likeness (QED) is 0.224. The maximum Gasteiger partial charge on any atom is 0.308 e. The maximum atomic E-state index is 11.9. The third-order valence-corrected chi connectivity index (χ3v) is 9.15. The van der Waals surface area contributed by atoms with Gasteiger partial charge in [0.25, 0.3) is 0 Å². The van der Waals surface area contributed by atoms with E-state index in [0.29, 0.717) is 17.7 Å². The molecule has 0 bridgehead atoms. The number of benzene rings is 2. The number of carboxylic acid groups (broad SMARTS) is 1. The molecule has 0 aliphatic carbocycles. The Balaban J connectivity index is 1.24. The molecule has 0 saturated carbocycles. The van der Waals surface area contributed by atoms with E-state index in [2.05, 4.69) is 56.8 Å². The Bertz CT molecular complexity index is 1840. The molecule has 214 valence electrons. The van der Waals surface area contributed by atoms with Crippen LogP contribution < -0.4 is 9.80 Å². The Labute approximate surface area is 249 Å². The van der Waals surface area contributed by atoms with Gasteiger partial charge in [-0.05, 0) is 53.5 Å². The highest BCUT2D eigenvalue weighted by atomic mass is 35.5. The van der Waals surface area contributed by atoms with E-state index in [-0.39, 0.29) is 17.0 Å². The van der Waals surface area contributed by atoms with Gasteiger partial charge < -0.3 is 19.3 Å². The van der Waals surface area contributed by atoms with Gasteiger partial charge in [0.2, 0.25) is 0 Å². The first-order chi connectivity index (χ1) is 20.3. The van der Waals surface area contributed by atoms with Crippen LogP contribution in [0.2, 0.25) is 5.15 Å². The standard InChI is InChI=1S/C33H32ClN5O3/c1-33(2)10-13-38(14-11-33)29-24(16-27(40)41)31(34)35-17-25(29)21-7-8-22-18-39(12-9-20(22)15-21)32-30-28(36-19-37-32)23-5-3-4-6-26(23)42-30/h3-8,15,17,19H,9-14,16,18H2,1-2H3,(H,40,41). The van der Waals surface area contributed by atoms with Crippen LogP contribution in [0.15, 0.2) is 59.4 Å². The number of carbonyl (C=O) groups is 1. The number of furan rings is 1. The van der Waals surface area contributed by atoms with Crippen LogP contribution in [-0.4, -0.2) is 45.7 Å². The highest BCUT2D eigenvalue weighted by molar-refractivity contribution is 6.31. The smallest absolute Gasteiger partial charge is 0.308 e. The lowest BCUT2D eigenvalue weighted by Gasteiger charge is -2.40. The number of aliphatic carboxylic acids is 1. The molecule has 0 radical (unpaired) electrons. The zero-order valence-electron chi connectivity index (χ0n) is 23.7. The second-order valence-electron chi connectivity index (χ2n) is 12.1. The number of halogens is 1. The van der Waals surface area contributed by atoms with Crippen LogP contribution in [0.1, 0.15) is 43.4 Å². The van der Waals surface area contributed by atoms with Gasteiger partial charge in [-0.2, -0.15) is 0 Å². The molecular weight excluding hydrogens is 550 g/mol. The third kappa shape index (κ3) is 4.73. The van der Waals surface area contributed by atoms with E-state index in [4.69, 9.17) is 16.0 Å². The Morgan fingerprint density at radius 1 is 1.02 bits per heavy atom. The number of hydrogen-bond donors (Lipinski definition) is 1. The van der Waals surface area contributed by atoms with Crippen LogP contribution in [0, 0.1) is 5.41 Å². The van der Waals surface area contributed by atoms with Crippen molar-refractivity contribution >= 4 is 51.1 Å². The van der Waals surface area contributed by atoms with E-state index < -0.39 is 5.97 Å². The average molecular weight is 582 g/mol. The van der Waals surface area contributed by atoms with E-state index in [1.807, 2.05) is 24.3 Å². The normalized spacial score (nSPS) is 16.6. The van der Waals surface area contributed by atoms with Gasteiger partial charge in [-0.1, -0.05) is 55.8 Å². The largest absolute Gasteiger partial charge is 0.481 e. The molecule has 2 aliphatic heterocycles. The molecule has 1 saturated heterocycles. The van der Waals surface area contributed by atoms with Crippen molar-refractivity contribution in [2.24, 2.45) is 5.41 Å². The number of fused-ring (bicyclic) bond motifs is 4. The number of piperidine rings is 1. The number of carboxylic acids is 1. The van der Waals surface area contributed by atoms with Crippen LogP contribution in [0.5, 0.6) is 0 Å². The van der Waals surface area contributed by atoms with Crippen molar-refractivity contribution < 1.29 is 14.3 Å². The van der Waals surface area contributed by atoms with Crippen LogP contribution in [0.3, 0.4) is 0 Å². The first-order valence-electron chi connectivity index (χ1n) is 14.4. The maximum absolute atomic E-state index is 11.9. The second kappa shape index (κ2) is 10.3.